The number of nitrogens with one attached hydrogen (secondary N) is 1. The molecule has 1 spiro atoms. The van der Waals surface area contributed by atoms with Crippen LogP contribution in [-0.4, -0.2) is 41.6 Å². The highest BCUT2D eigenvalue weighted by atomic mass is 16.3. The smallest absolute Gasteiger partial charge is 0.148 e. The van der Waals surface area contributed by atoms with E-state index in [1.807, 2.05) is 6.07 Å². The van der Waals surface area contributed by atoms with E-state index in [0.717, 1.165) is 53.7 Å². The lowest BCUT2D eigenvalue weighted by Crippen LogP contribution is -2.63. The number of phenols is 1. The first-order chi connectivity index (χ1) is 13.1. The van der Waals surface area contributed by atoms with Crippen molar-refractivity contribution in [1.82, 2.24) is 0 Å². The van der Waals surface area contributed by atoms with Crippen LogP contribution in [0.5, 0.6) is 5.75 Å². The third-order valence-corrected chi connectivity index (χ3v) is 7.92. The van der Waals surface area contributed by atoms with Gasteiger partial charge in [0, 0.05) is 30.0 Å². The predicted molar refractivity (Wildman–Crippen MR) is 107 cm³/mol. The average Bonchev–Trinajstić information content (AvgIpc) is 3.21. The van der Waals surface area contributed by atoms with Gasteiger partial charge in [0.05, 0.1) is 24.2 Å². The fourth-order valence-corrected chi connectivity index (χ4v) is 6.76. The van der Waals surface area contributed by atoms with Crippen LogP contribution in [0.4, 0.5) is 5.69 Å². The third-order valence-electron chi connectivity index (χ3n) is 7.92. The van der Waals surface area contributed by atoms with Crippen LogP contribution in [0.25, 0.3) is 0 Å². The summed E-state index contributed by atoms with van der Waals surface area (Å²) in [6.07, 6.45) is 7.91. The Morgan fingerprint density at radius 2 is 2.26 bits per heavy atom. The van der Waals surface area contributed by atoms with Crippen molar-refractivity contribution in [2.75, 3.05) is 25.0 Å². The highest BCUT2D eigenvalue weighted by Crippen LogP contribution is 2.64. The number of hydrogen-bond acceptors (Lipinski definition) is 3. The van der Waals surface area contributed by atoms with Crippen molar-refractivity contribution in [2.24, 2.45) is 5.92 Å². The summed E-state index contributed by atoms with van der Waals surface area (Å²) in [6, 6.07) is 6.37. The summed E-state index contributed by atoms with van der Waals surface area (Å²) in [6.45, 7) is 7.84. The molecule has 2 saturated heterocycles. The number of piperidine rings is 1. The van der Waals surface area contributed by atoms with E-state index in [1.165, 1.54) is 30.5 Å². The van der Waals surface area contributed by atoms with Gasteiger partial charge in [-0.25, -0.2) is 0 Å². The Bertz CT molecular complexity index is 886. The summed E-state index contributed by atoms with van der Waals surface area (Å²) in [4.78, 5) is 12.2. The van der Waals surface area contributed by atoms with Gasteiger partial charge in [-0.15, -0.1) is 0 Å². The van der Waals surface area contributed by atoms with Gasteiger partial charge >= 0.3 is 0 Å². The molecule has 0 saturated carbocycles. The van der Waals surface area contributed by atoms with Crippen LogP contribution in [-0.2, 0) is 10.2 Å². The van der Waals surface area contributed by atoms with Crippen LogP contribution in [0, 0.1) is 5.92 Å². The van der Waals surface area contributed by atoms with Gasteiger partial charge in [-0.3, -0.25) is 4.79 Å². The van der Waals surface area contributed by atoms with Gasteiger partial charge in [0.2, 0.25) is 0 Å². The van der Waals surface area contributed by atoms with Crippen LogP contribution in [0.3, 0.4) is 0 Å². The number of hydrogen-bond donors (Lipinski definition) is 2. The molecule has 3 aliphatic heterocycles. The SMILES string of the molecule is CC=C1C[N+]2(CCCC)CC[C@@]34C(=C(C=O)[C@H]1C[C@@H]32)Nc1c(O)cccc14. The van der Waals surface area contributed by atoms with Crippen LogP contribution < -0.4 is 5.32 Å². The number of anilines is 1. The van der Waals surface area contributed by atoms with E-state index in [-0.39, 0.29) is 11.3 Å². The van der Waals surface area contributed by atoms with E-state index >= 15 is 0 Å². The number of aromatic hydroxyl groups is 1. The predicted octanol–water partition coefficient (Wildman–Crippen LogP) is 3.88. The maximum absolute atomic E-state index is 12.2. The first-order valence-electron chi connectivity index (χ1n) is 10.4. The maximum Gasteiger partial charge on any atom is 0.148 e. The number of nitrogens with zero attached hydrogens (tertiary/aromatic N) is 1. The molecule has 4 nitrogen and oxygen atoms in total. The lowest BCUT2D eigenvalue weighted by molar-refractivity contribution is -0.941. The van der Waals surface area contributed by atoms with Gasteiger partial charge in [0.1, 0.15) is 24.6 Å². The third kappa shape index (κ3) is 1.94. The molecule has 1 unspecified atom stereocenters. The number of phenolic OH excluding ortho intramolecular Hbond substituents is 1. The van der Waals surface area contributed by atoms with Crippen LogP contribution in [0.2, 0.25) is 0 Å². The summed E-state index contributed by atoms with van der Waals surface area (Å²) >= 11 is 0. The minimum atomic E-state index is -0.131. The number of quaternary nitrogens is 1. The van der Waals surface area contributed by atoms with Crippen molar-refractivity contribution < 1.29 is 14.4 Å². The Hall–Kier alpha value is -2.07. The first-order valence-corrected chi connectivity index (χ1v) is 10.4. The van der Waals surface area contributed by atoms with Crippen molar-refractivity contribution in [3.8, 4) is 5.75 Å². The first kappa shape index (κ1) is 17.1. The summed E-state index contributed by atoms with van der Waals surface area (Å²) in [5, 5.41) is 14.0. The highest BCUT2D eigenvalue weighted by molar-refractivity contribution is 5.85. The Labute approximate surface area is 161 Å². The van der Waals surface area contributed by atoms with E-state index in [2.05, 4.69) is 31.3 Å². The van der Waals surface area contributed by atoms with E-state index in [4.69, 9.17) is 0 Å². The number of unbranched alkanes of at least 4 members (excludes halogenated alkanes) is 1. The molecule has 2 N–H and O–H groups in total. The summed E-state index contributed by atoms with van der Waals surface area (Å²) in [7, 11) is 0. The molecule has 4 atom stereocenters. The molecule has 1 aromatic carbocycles. The average molecular weight is 365 g/mol. The molecular weight excluding hydrogens is 336 g/mol. The second-order valence-corrected chi connectivity index (χ2v) is 8.84. The zero-order chi connectivity index (χ0) is 18.8. The van der Waals surface area contributed by atoms with E-state index in [1.54, 1.807) is 6.07 Å². The molecule has 0 radical (unpaired) electrons. The molecule has 1 aromatic rings. The maximum atomic E-state index is 12.2. The fraction of sp³-hybridized carbons (Fsp3) is 0.522. The second kappa shape index (κ2) is 5.71. The van der Waals surface area contributed by atoms with Gasteiger partial charge in [-0.2, -0.15) is 0 Å². The zero-order valence-corrected chi connectivity index (χ0v) is 16.3. The molecule has 27 heavy (non-hydrogen) atoms. The molecular formula is C23H29N2O2+. The Morgan fingerprint density at radius 3 is 3.00 bits per heavy atom. The molecule has 2 bridgehead atoms. The van der Waals surface area contributed by atoms with Gasteiger partial charge in [-0.05, 0) is 30.5 Å². The van der Waals surface area contributed by atoms with Crippen molar-refractivity contribution in [3.63, 3.8) is 0 Å². The van der Waals surface area contributed by atoms with Gasteiger partial charge in [0.25, 0.3) is 0 Å². The molecule has 4 heteroatoms. The largest absolute Gasteiger partial charge is 0.506 e. The second-order valence-electron chi connectivity index (χ2n) is 8.84. The quantitative estimate of drug-likeness (QED) is 0.368. The molecule has 0 aromatic heterocycles. The normalized spacial score (nSPS) is 37.2. The van der Waals surface area contributed by atoms with Crippen LogP contribution >= 0.6 is 0 Å². The number of para-hydroxylation sites is 1. The van der Waals surface area contributed by atoms with Crippen molar-refractivity contribution in [3.05, 3.63) is 46.7 Å². The number of rotatable bonds is 4. The number of aldehydes is 1. The van der Waals surface area contributed by atoms with E-state index in [9.17, 15) is 9.90 Å². The standard InChI is InChI=1S/C23H28N2O2/c1-3-5-10-25-11-9-23-18-7-6-8-19(27)21(18)24-22(23)17(14-26)16(12-20(23)25)15(4-2)13-25/h4,6-8,14,16,20H,3,5,9-13H2,1-2H3,(H-,24,26,27)/p+1/t16-,20-,23-,25?/m0/s1. The monoisotopic (exact) mass is 365 g/mol. The minimum Gasteiger partial charge on any atom is -0.506 e. The van der Waals surface area contributed by atoms with Crippen molar-refractivity contribution in [2.45, 2.75) is 51.0 Å². The Kier molecular flexibility index (Phi) is 3.61. The molecule has 2 fully saturated rings. The fourth-order valence-electron chi connectivity index (χ4n) is 6.76. The summed E-state index contributed by atoms with van der Waals surface area (Å²) < 4.78 is 1.15. The minimum absolute atomic E-state index is 0.131. The number of carbonyl (C=O) groups is 1. The summed E-state index contributed by atoms with van der Waals surface area (Å²) in [5.74, 6) is 0.531. The molecule has 0 amide bonds. The molecule has 4 aliphatic rings. The topological polar surface area (TPSA) is 49.3 Å². The highest BCUT2D eigenvalue weighted by Gasteiger charge is 2.68. The number of allylic oxidation sites excluding steroid dienone is 2. The molecule has 5 rings (SSSR count). The van der Waals surface area contributed by atoms with E-state index < -0.39 is 0 Å². The molecule has 3 heterocycles. The van der Waals surface area contributed by atoms with Gasteiger partial charge in [0.15, 0.2) is 0 Å². The van der Waals surface area contributed by atoms with Crippen LogP contribution in [0.15, 0.2) is 41.1 Å². The van der Waals surface area contributed by atoms with Crippen molar-refractivity contribution >= 4 is 12.0 Å². The van der Waals surface area contributed by atoms with Gasteiger partial charge in [-0.1, -0.05) is 31.6 Å². The number of carbonyl (C=O) groups excluding carboxylic acids is 1. The van der Waals surface area contributed by atoms with Crippen LogP contribution in [0.1, 0.15) is 45.1 Å². The molecule has 1 aliphatic carbocycles. The molecule has 142 valence electrons. The lowest BCUT2D eigenvalue weighted by Gasteiger charge is -2.53. The lowest BCUT2D eigenvalue weighted by atomic mass is 9.61. The van der Waals surface area contributed by atoms with Gasteiger partial charge < -0.3 is 14.9 Å². The Morgan fingerprint density at radius 1 is 1.41 bits per heavy atom. The van der Waals surface area contributed by atoms with E-state index in [0.29, 0.717) is 11.8 Å². The number of fused-ring (bicyclic) bond motifs is 2. The van der Waals surface area contributed by atoms with Crippen molar-refractivity contribution in [1.29, 1.82) is 0 Å². The number of benzene rings is 1. The Balaban J connectivity index is 1.78. The zero-order valence-electron chi connectivity index (χ0n) is 16.3. The summed E-state index contributed by atoms with van der Waals surface area (Å²) in [5.41, 5.74) is 5.34.